The Hall–Kier alpha value is -1.10. The second-order valence-corrected chi connectivity index (χ2v) is 4.47. The summed E-state index contributed by atoms with van der Waals surface area (Å²) < 4.78 is 50.8. The van der Waals surface area contributed by atoms with Gasteiger partial charge in [-0.25, -0.2) is 4.39 Å². The molecule has 1 aromatic carbocycles. The van der Waals surface area contributed by atoms with Crippen molar-refractivity contribution in [1.29, 1.82) is 0 Å². The van der Waals surface area contributed by atoms with E-state index in [0.29, 0.717) is 11.6 Å². The third kappa shape index (κ3) is 2.60. The van der Waals surface area contributed by atoms with Crippen molar-refractivity contribution in [3.8, 4) is 0 Å². The maximum Gasteiger partial charge on any atom is 0.416 e. The van der Waals surface area contributed by atoms with E-state index in [-0.39, 0.29) is 12.0 Å². The second-order valence-electron chi connectivity index (χ2n) is 4.47. The van der Waals surface area contributed by atoms with Crippen LogP contribution in [0.1, 0.15) is 30.5 Å². The van der Waals surface area contributed by atoms with Gasteiger partial charge in [0.2, 0.25) is 0 Å². The molecular weight excluding hydrogens is 234 g/mol. The Morgan fingerprint density at radius 1 is 1.24 bits per heavy atom. The smallest absolute Gasteiger partial charge is 0.310 e. The Morgan fingerprint density at radius 3 is 2.47 bits per heavy atom. The molecule has 5 heteroatoms. The van der Waals surface area contributed by atoms with Gasteiger partial charge in [-0.05, 0) is 42.6 Å². The highest BCUT2D eigenvalue weighted by atomic mass is 19.4. The summed E-state index contributed by atoms with van der Waals surface area (Å²) in [6, 6.07) is 2.55. The molecule has 1 aromatic rings. The lowest BCUT2D eigenvalue weighted by atomic mass is 9.94. The number of rotatable bonds is 1. The highest BCUT2D eigenvalue weighted by Gasteiger charge is 2.33. The lowest BCUT2D eigenvalue weighted by molar-refractivity contribution is -0.137. The predicted octanol–water partition coefficient (Wildman–Crippen LogP) is 3.52. The largest absolute Gasteiger partial charge is 0.416 e. The van der Waals surface area contributed by atoms with Crippen molar-refractivity contribution >= 4 is 0 Å². The van der Waals surface area contributed by atoms with E-state index in [4.69, 9.17) is 0 Å². The first-order chi connectivity index (χ1) is 7.88. The number of alkyl halides is 3. The molecule has 1 heterocycles. The fourth-order valence-corrected chi connectivity index (χ4v) is 2.24. The van der Waals surface area contributed by atoms with Crippen LogP contribution < -0.4 is 5.32 Å². The molecule has 1 aliphatic heterocycles. The molecule has 0 bridgehead atoms. The molecule has 1 fully saturated rings. The molecule has 1 nitrogen and oxygen atoms in total. The van der Waals surface area contributed by atoms with Gasteiger partial charge < -0.3 is 5.32 Å². The molecule has 2 unspecified atom stereocenters. The average Bonchev–Trinajstić information content (AvgIpc) is 2.62. The van der Waals surface area contributed by atoms with Crippen molar-refractivity contribution in [3.05, 3.63) is 35.1 Å². The quantitative estimate of drug-likeness (QED) is 0.749. The topological polar surface area (TPSA) is 12.0 Å². The van der Waals surface area contributed by atoms with Gasteiger partial charge in [0.15, 0.2) is 0 Å². The molecule has 0 amide bonds. The van der Waals surface area contributed by atoms with Gasteiger partial charge in [-0.3, -0.25) is 0 Å². The van der Waals surface area contributed by atoms with Gasteiger partial charge in [-0.1, -0.05) is 6.92 Å². The van der Waals surface area contributed by atoms with Crippen molar-refractivity contribution in [2.75, 3.05) is 6.54 Å². The zero-order chi connectivity index (χ0) is 12.6. The minimum Gasteiger partial charge on any atom is -0.310 e. The summed E-state index contributed by atoms with van der Waals surface area (Å²) in [4.78, 5) is 0. The van der Waals surface area contributed by atoms with Crippen LogP contribution in [0, 0.1) is 11.7 Å². The Bertz CT molecular complexity index is 413. The first-order valence-electron chi connectivity index (χ1n) is 5.49. The van der Waals surface area contributed by atoms with Crippen molar-refractivity contribution in [2.45, 2.75) is 25.6 Å². The number of benzene rings is 1. The zero-order valence-electron chi connectivity index (χ0n) is 9.31. The number of nitrogens with one attached hydrogen (secondary N) is 1. The molecule has 0 radical (unpaired) electrons. The molecular formula is C12H13F4N. The Balaban J connectivity index is 2.38. The van der Waals surface area contributed by atoms with E-state index in [1.807, 2.05) is 6.92 Å². The van der Waals surface area contributed by atoms with E-state index < -0.39 is 17.6 Å². The Labute approximate surface area is 96.8 Å². The molecule has 1 saturated heterocycles. The summed E-state index contributed by atoms with van der Waals surface area (Å²) in [5.74, 6) is -0.617. The van der Waals surface area contributed by atoms with Crippen LogP contribution in [0.2, 0.25) is 0 Å². The van der Waals surface area contributed by atoms with Crippen LogP contribution in [0.25, 0.3) is 0 Å². The number of hydrogen-bond donors (Lipinski definition) is 1. The first kappa shape index (κ1) is 12.4. The van der Waals surface area contributed by atoms with Crippen molar-refractivity contribution in [3.63, 3.8) is 0 Å². The SMILES string of the molecule is CC1CCNC1c1cc(F)cc(C(F)(F)F)c1. The van der Waals surface area contributed by atoms with Crippen LogP contribution in [-0.4, -0.2) is 6.54 Å². The molecule has 1 aliphatic rings. The highest BCUT2D eigenvalue weighted by Crippen LogP contribution is 2.35. The minimum absolute atomic E-state index is 0.188. The Kier molecular flexibility index (Phi) is 3.12. The molecule has 2 rings (SSSR count). The van der Waals surface area contributed by atoms with E-state index in [0.717, 1.165) is 19.0 Å². The van der Waals surface area contributed by atoms with E-state index >= 15 is 0 Å². The summed E-state index contributed by atoms with van der Waals surface area (Å²) >= 11 is 0. The maximum atomic E-state index is 13.2. The van der Waals surface area contributed by atoms with Crippen LogP contribution in [0.3, 0.4) is 0 Å². The minimum atomic E-state index is -4.50. The van der Waals surface area contributed by atoms with Gasteiger partial charge >= 0.3 is 6.18 Å². The first-order valence-corrected chi connectivity index (χ1v) is 5.49. The molecule has 1 N–H and O–H groups in total. The van der Waals surface area contributed by atoms with E-state index in [1.54, 1.807) is 0 Å². The van der Waals surface area contributed by atoms with E-state index in [9.17, 15) is 17.6 Å². The fourth-order valence-electron chi connectivity index (χ4n) is 2.24. The molecule has 17 heavy (non-hydrogen) atoms. The molecule has 2 atom stereocenters. The summed E-state index contributed by atoms with van der Waals surface area (Å²) in [5, 5.41) is 3.09. The van der Waals surface area contributed by atoms with Gasteiger partial charge in [-0.15, -0.1) is 0 Å². The van der Waals surface area contributed by atoms with Gasteiger partial charge in [0.25, 0.3) is 0 Å². The van der Waals surface area contributed by atoms with Crippen LogP contribution in [-0.2, 0) is 6.18 Å². The zero-order valence-corrected chi connectivity index (χ0v) is 9.31. The number of hydrogen-bond acceptors (Lipinski definition) is 1. The van der Waals surface area contributed by atoms with Crippen molar-refractivity contribution in [1.82, 2.24) is 5.32 Å². The Morgan fingerprint density at radius 2 is 1.94 bits per heavy atom. The predicted molar refractivity (Wildman–Crippen MR) is 55.9 cm³/mol. The van der Waals surface area contributed by atoms with E-state index in [1.165, 1.54) is 6.07 Å². The average molecular weight is 247 g/mol. The van der Waals surface area contributed by atoms with Crippen LogP contribution in [0.5, 0.6) is 0 Å². The van der Waals surface area contributed by atoms with Gasteiger partial charge in [0, 0.05) is 6.04 Å². The fraction of sp³-hybridized carbons (Fsp3) is 0.500. The second kappa shape index (κ2) is 4.29. The third-order valence-corrected chi connectivity index (χ3v) is 3.14. The summed E-state index contributed by atoms with van der Waals surface area (Å²) in [6.07, 6.45) is -3.61. The van der Waals surface area contributed by atoms with Crippen LogP contribution in [0.4, 0.5) is 17.6 Å². The normalized spacial score (nSPS) is 25.2. The lowest BCUT2D eigenvalue weighted by Crippen LogP contribution is -2.18. The molecule has 0 aliphatic carbocycles. The lowest BCUT2D eigenvalue weighted by Gasteiger charge is -2.18. The molecule has 0 spiro atoms. The van der Waals surface area contributed by atoms with Gasteiger partial charge in [0.1, 0.15) is 5.82 Å². The highest BCUT2D eigenvalue weighted by molar-refractivity contribution is 5.30. The monoisotopic (exact) mass is 247 g/mol. The summed E-state index contributed by atoms with van der Waals surface area (Å²) in [7, 11) is 0. The number of halogens is 4. The van der Waals surface area contributed by atoms with Crippen molar-refractivity contribution < 1.29 is 17.6 Å². The molecule has 0 aromatic heterocycles. The van der Waals surface area contributed by atoms with Crippen LogP contribution >= 0.6 is 0 Å². The molecule has 94 valence electrons. The summed E-state index contributed by atoms with van der Waals surface area (Å²) in [5.41, 5.74) is -0.546. The maximum absolute atomic E-state index is 13.2. The standard InChI is InChI=1S/C12H13F4N/c1-7-2-3-17-11(7)8-4-9(12(14,15)16)6-10(13)5-8/h4-7,11,17H,2-3H2,1H3. The third-order valence-electron chi connectivity index (χ3n) is 3.14. The van der Waals surface area contributed by atoms with Gasteiger partial charge in [0.05, 0.1) is 5.56 Å². The van der Waals surface area contributed by atoms with E-state index in [2.05, 4.69) is 5.32 Å². The summed E-state index contributed by atoms with van der Waals surface area (Å²) in [6.45, 7) is 2.70. The van der Waals surface area contributed by atoms with Crippen LogP contribution in [0.15, 0.2) is 18.2 Å². The van der Waals surface area contributed by atoms with Gasteiger partial charge in [-0.2, -0.15) is 13.2 Å². The van der Waals surface area contributed by atoms with Crippen molar-refractivity contribution in [2.24, 2.45) is 5.92 Å². The molecule has 0 saturated carbocycles.